The lowest BCUT2D eigenvalue weighted by molar-refractivity contribution is -0.385. The van der Waals surface area contributed by atoms with Crippen molar-refractivity contribution in [2.75, 3.05) is 0 Å². The van der Waals surface area contributed by atoms with Crippen LogP contribution in [-0.2, 0) is 4.79 Å². The van der Waals surface area contributed by atoms with Gasteiger partial charge >= 0.3 is 5.97 Å². The first-order chi connectivity index (χ1) is 8.32. The van der Waals surface area contributed by atoms with Gasteiger partial charge in [0, 0.05) is 17.0 Å². The smallest absolute Gasteiger partial charge is 0.317 e. The number of nitro benzene ring substituents is 1. The molecule has 0 fully saturated rings. The van der Waals surface area contributed by atoms with Crippen molar-refractivity contribution in [3.8, 4) is 0 Å². The lowest BCUT2D eigenvalue weighted by atomic mass is 10.1. The summed E-state index contributed by atoms with van der Waals surface area (Å²) in [4.78, 5) is 22.0. The molecule has 1 unspecified atom stereocenters. The van der Waals surface area contributed by atoms with Crippen molar-refractivity contribution >= 4 is 23.4 Å². The zero-order valence-electron chi connectivity index (χ0n) is 10.4. The van der Waals surface area contributed by atoms with Gasteiger partial charge in [0.25, 0.3) is 5.69 Å². The van der Waals surface area contributed by atoms with Gasteiger partial charge in [0.05, 0.1) is 4.92 Å². The van der Waals surface area contributed by atoms with Crippen LogP contribution in [-0.4, -0.2) is 21.2 Å². The molecule has 0 amide bonds. The van der Waals surface area contributed by atoms with Gasteiger partial charge in [0.15, 0.2) is 0 Å². The first kappa shape index (κ1) is 14.5. The van der Waals surface area contributed by atoms with Gasteiger partial charge in [-0.3, -0.25) is 14.9 Å². The molecule has 5 nitrogen and oxygen atoms in total. The molecule has 1 atom stereocenters. The molecule has 98 valence electrons. The molecule has 1 aromatic rings. The molecule has 0 spiro atoms. The summed E-state index contributed by atoms with van der Waals surface area (Å²) in [6.07, 6.45) is 0. The lowest BCUT2D eigenvalue weighted by Crippen LogP contribution is -2.22. The second-order valence-electron chi connectivity index (χ2n) is 4.33. The highest BCUT2D eigenvalue weighted by molar-refractivity contribution is 8.00. The van der Waals surface area contributed by atoms with E-state index in [0.29, 0.717) is 4.90 Å². The molecule has 0 saturated heterocycles. The number of thioether (sulfide) groups is 1. The third-order valence-electron chi connectivity index (χ3n) is 2.49. The Labute approximate surface area is 109 Å². The van der Waals surface area contributed by atoms with Gasteiger partial charge in [-0.25, -0.2) is 0 Å². The maximum Gasteiger partial charge on any atom is 0.317 e. The predicted molar refractivity (Wildman–Crippen MR) is 70.0 cm³/mol. The van der Waals surface area contributed by atoms with E-state index in [1.165, 1.54) is 12.1 Å². The second-order valence-corrected chi connectivity index (χ2v) is 5.51. The Hall–Kier alpha value is -1.56. The van der Waals surface area contributed by atoms with Gasteiger partial charge in [-0.05, 0) is 18.4 Å². The average molecular weight is 269 g/mol. The molecule has 1 aromatic carbocycles. The third-order valence-corrected chi connectivity index (χ3v) is 4.18. The maximum absolute atomic E-state index is 11.1. The summed E-state index contributed by atoms with van der Waals surface area (Å²) in [6, 6.07) is 4.49. The number of hydrogen-bond donors (Lipinski definition) is 1. The molecule has 1 N–H and O–H groups in total. The topological polar surface area (TPSA) is 80.4 Å². The highest BCUT2D eigenvalue weighted by Gasteiger charge is 2.24. The van der Waals surface area contributed by atoms with E-state index < -0.39 is 16.1 Å². The largest absolute Gasteiger partial charge is 0.480 e. The van der Waals surface area contributed by atoms with Crippen LogP contribution in [0.5, 0.6) is 0 Å². The minimum absolute atomic E-state index is 0.0176. The summed E-state index contributed by atoms with van der Waals surface area (Å²) in [7, 11) is 0. The van der Waals surface area contributed by atoms with Crippen LogP contribution in [0.15, 0.2) is 23.1 Å². The molecular formula is C12H15NO4S. The highest BCUT2D eigenvalue weighted by atomic mass is 32.2. The number of nitro groups is 1. The number of benzene rings is 1. The predicted octanol–water partition coefficient (Wildman–Crippen LogP) is 3.10. The lowest BCUT2D eigenvalue weighted by Gasteiger charge is -2.16. The molecule has 0 aliphatic carbocycles. The van der Waals surface area contributed by atoms with E-state index in [4.69, 9.17) is 5.11 Å². The van der Waals surface area contributed by atoms with E-state index in [2.05, 4.69) is 0 Å². The minimum Gasteiger partial charge on any atom is -0.480 e. The Morgan fingerprint density at radius 3 is 2.50 bits per heavy atom. The van der Waals surface area contributed by atoms with Crippen LogP contribution >= 0.6 is 11.8 Å². The Bertz CT molecular complexity index is 473. The van der Waals surface area contributed by atoms with Crippen LogP contribution in [0, 0.1) is 23.0 Å². The van der Waals surface area contributed by atoms with Gasteiger partial charge < -0.3 is 5.11 Å². The van der Waals surface area contributed by atoms with Crippen LogP contribution in [0.2, 0.25) is 0 Å². The number of carbonyl (C=O) groups is 1. The number of hydrogen-bond acceptors (Lipinski definition) is 4. The Morgan fingerprint density at radius 2 is 2.06 bits per heavy atom. The van der Waals surface area contributed by atoms with Crippen molar-refractivity contribution in [3.63, 3.8) is 0 Å². The van der Waals surface area contributed by atoms with Crippen LogP contribution < -0.4 is 0 Å². The van der Waals surface area contributed by atoms with E-state index in [9.17, 15) is 14.9 Å². The summed E-state index contributed by atoms with van der Waals surface area (Å²) in [5.74, 6) is -0.952. The fourth-order valence-corrected chi connectivity index (χ4v) is 2.53. The van der Waals surface area contributed by atoms with Crippen LogP contribution in [0.1, 0.15) is 19.4 Å². The number of aliphatic carboxylic acids is 1. The van der Waals surface area contributed by atoms with Crippen molar-refractivity contribution in [2.24, 2.45) is 5.92 Å². The third kappa shape index (κ3) is 3.46. The second kappa shape index (κ2) is 5.86. The summed E-state index contributed by atoms with van der Waals surface area (Å²) in [5.41, 5.74) is 0.827. The van der Waals surface area contributed by atoms with Crippen LogP contribution in [0.3, 0.4) is 0 Å². The number of nitrogens with zero attached hydrogens (tertiary/aromatic N) is 1. The quantitative estimate of drug-likeness (QED) is 0.504. The molecular weight excluding hydrogens is 254 g/mol. The normalized spacial score (nSPS) is 12.4. The molecule has 6 heteroatoms. The Kier molecular flexibility index (Phi) is 4.72. The monoisotopic (exact) mass is 269 g/mol. The van der Waals surface area contributed by atoms with Gasteiger partial charge in [-0.15, -0.1) is 11.8 Å². The van der Waals surface area contributed by atoms with Crippen LogP contribution in [0.25, 0.3) is 0 Å². The molecule has 1 rings (SSSR count). The summed E-state index contributed by atoms with van der Waals surface area (Å²) >= 11 is 1.16. The van der Waals surface area contributed by atoms with Crippen molar-refractivity contribution in [1.82, 2.24) is 0 Å². The van der Waals surface area contributed by atoms with Crippen LogP contribution in [0.4, 0.5) is 5.69 Å². The van der Waals surface area contributed by atoms with Gasteiger partial charge in [-0.2, -0.15) is 0 Å². The van der Waals surface area contributed by atoms with Crippen molar-refractivity contribution < 1.29 is 14.8 Å². The number of rotatable bonds is 5. The molecule has 0 saturated carbocycles. The van der Waals surface area contributed by atoms with Gasteiger partial charge in [-0.1, -0.05) is 19.9 Å². The van der Waals surface area contributed by atoms with Gasteiger partial charge in [0.2, 0.25) is 0 Å². The Balaban J connectivity index is 3.05. The highest BCUT2D eigenvalue weighted by Crippen LogP contribution is 2.33. The molecule has 0 aromatic heterocycles. The fourth-order valence-electron chi connectivity index (χ4n) is 1.44. The Morgan fingerprint density at radius 1 is 1.44 bits per heavy atom. The number of aryl methyl sites for hydroxylation is 1. The molecule has 0 heterocycles. The average Bonchev–Trinajstić information content (AvgIpc) is 2.26. The zero-order valence-corrected chi connectivity index (χ0v) is 11.2. The fraction of sp³-hybridized carbons (Fsp3) is 0.417. The minimum atomic E-state index is -0.902. The van der Waals surface area contributed by atoms with Crippen molar-refractivity contribution in [2.45, 2.75) is 30.9 Å². The number of carboxylic acid groups (broad SMARTS) is 1. The molecule has 0 aliphatic rings. The molecule has 0 bridgehead atoms. The van der Waals surface area contributed by atoms with Gasteiger partial charge in [0.1, 0.15) is 5.25 Å². The van der Waals surface area contributed by atoms with E-state index in [-0.39, 0.29) is 11.6 Å². The van der Waals surface area contributed by atoms with E-state index >= 15 is 0 Å². The first-order valence-electron chi connectivity index (χ1n) is 5.47. The van der Waals surface area contributed by atoms with E-state index in [1.54, 1.807) is 6.07 Å². The van der Waals surface area contributed by atoms with Crippen molar-refractivity contribution in [3.05, 3.63) is 33.9 Å². The summed E-state index contributed by atoms with van der Waals surface area (Å²) in [5, 5.41) is 19.2. The van der Waals surface area contributed by atoms with E-state index in [0.717, 1.165) is 17.3 Å². The zero-order chi connectivity index (χ0) is 13.9. The molecule has 0 aliphatic heterocycles. The first-order valence-corrected chi connectivity index (χ1v) is 6.35. The molecule has 0 radical (unpaired) electrons. The standard InChI is InChI=1S/C12H15NO4S/c1-7(2)11(12(14)15)18-10-6-9(13(16)17)5-4-8(10)3/h4-7,11H,1-3H3,(H,14,15). The maximum atomic E-state index is 11.1. The summed E-state index contributed by atoms with van der Waals surface area (Å²) in [6.45, 7) is 5.45. The summed E-state index contributed by atoms with van der Waals surface area (Å²) < 4.78 is 0. The SMILES string of the molecule is Cc1ccc([N+](=O)[O-])cc1SC(C(=O)O)C(C)C. The number of carboxylic acids is 1. The van der Waals surface area contributed by atoms with Crippen molar-refractivity contribution in [1.29, 1.82) is 0 Å². The van der Waals surface area contributed by atoms with E-state index in [1.807, 2.05) is 20.8 Å². The molecule has 18 heavy (non-hydrogen) atoms. The number of non-ortho nitro benzene ring substituents is 1.